The molecule has 0 atom stereocenters. The summed E-state index contributed by atoms with van der Waals surface area (Å²) in [6.07, 6.45) is 0. The van der Waals surface area contributed by atoms with Gasteiger partial charge in [0, 0.05) is 15.4 Å². The molecule has 116 valence electrons. The number of hydrogen-bond acceptors (Lipinski definition) is 4. The van der Waals surface area contributed by atoms with Crippen LogP contribution in [0.15, 0.2) is 40.1 Å². The number of carbonyl (C=O) groups is 1. The average molecular weight is 345 g/mol. The van der Waals surface area contributed by atoms with Gasteiger partial charge in [-0.05, 0) is 24.3 Å². The number of rotatable bonds is 6. The maximum atomic E-state index is 14.1. The molecule has 22 heavy (non-hydrogen) atoms. The molecule has 1 aromatic heterocycles. The van der Waals surface area contributed by atoms with Crippen LogP contribution in [-0.4, -0.2) is 28.1 Å². The molecule has 0 radical (unpaired) electrons. The Morgan fingerprint density at radius 2 is 1.68 bits per heavy atom. The molecule has 0 saturated carbocycles. The second-order valence-electron chi connectivity index (χ2n) is 3.97. The molecule has 1 heterocycles. The maximum absolute atomic E-state index is 14.1. The molecular formula is C14H10F3NO2S2. The predicted octanol–water partition coefficient (Wildman–Crippen LogP) is 4.62. The SMILES string of the molecule is O=C(O)c1ccc(F)c(-c2c(SCF)cccc2SCF)n1. The predicted molar refractivity (Wildman–Crippen MR) is 80.3 cm³/mol. The number of pyridine rings is 1. The van der Waals surface area contributed by atoms with Gasteiger partial charge in [0.1, 0.15) is 29.2 Å². The Hall–Kier alpha value is -1.67. The molecule has 8 heteroatoms. The van der Waals surface area contributed by atoms with Gasteiger partial charge in [-0.25, -0.2) is 22.9 Å². The number of alkyl halides is 2. The van der Waals surface area contributed by atoms with E-state index in [1.807, 2.05) is 0 Å². The first-order valence-corrected chi connectivity index (χ1v) is 7.96. The molecule has 2 aromatic rings. The zero-order valence-corrected chi connectivity index (χ0v) is 12.7. The second kappa shape index (κ2) is 7.55. The summed E-state index contributed by atoms with van der Waals surface area (Å²) in [5, 5.41) is 8.98. The molecule has 0 spiro atoms. The van der Waals surface area contributed by atoms with Crippen molar-refractivity contribution >= 4 is 29.5 Å². The van der Waals surface area contributed by atoms with Gasteiger partial charge in [0.2, 0.25) is 0 Å². The quantitative estimate of drug-likeness (QED) is 0.774. The van der Waals surface area contributed by atoms with Crippen LogP contribution in [0.5, 0.6) is 0 Å². The first kappa shape index (κ1) is 16.7. The van der Waals surface area contributed by atoms with Crippen molar-refractivity contribution in [3.63, 3.8) is 0 Å². The highest BCUT2D eigenvalue weighted by atomic mass is 32.2. The highest BCUT2D eigenvalue weighted by Gasteiger charge is 2.19. The minimum Gasteiger partial charge on any atom is -0.477 e. The number of hydrogen-bond donors (Lipinski definition) is 1. The Morgan fingerprint density at radius 1 is 1.09 bits per heavy atom. The van der Waals surface area contributed by atoms with Gasteiger partial charge >= 0.3 is 5.97 Å². The van der Waals surface area contributed by atoms with Crippen LogP contribution in [0.25, 0.3) is 11.3 Å². The summed E-state index contributed by atoms with van der Waals surface area (Å²) in [4.78, 5) is 15.5. The molecule has 0 amide bonds. The fraction of sp³-hybridized carbons (Fsp3) is 0.143. The number of carboxylic acid groups (broad SMARTS) is 1. The van der Waals surface area contributed by atoms with Gasteiger partial charge in [0.25, 0.3) is 0 Å². The molecule has 3 nitrogen and oxygen atoms in total. The molecule has 1 aromatic carbocycles. The Bertz CT molecular complexity index is 674. The summed E-state index contributed by atoms with van der Waals surface area (Å²) in [6, 6.07) is 5.21. The Balaban J connectivity index is 2.68. The molecule has 2 rings (SSSR count). The van der Waals surface area contributed by atoms with Crippen LogP contribution >= 0.6 is 23.5 Å². The number of benzene rings is 1. The highest BCUT2D eigenvalue weighted by Crippen LogP contribution is 2.39. The number of aromatic nitrogens is 1. The average Bonchev–Trinajstić information content (AvgIpc) is 2.49. The minimum absolute atomic E-state index is 0.202. The third kappa shape index (κ3) is 3.56. The van der Waals surface area contributed by atoms with E-state index in [1.54, 1.807) is 18.2 Å². The van der Waals surface area contributed by atoms with E-state index in [9.17, 15) is 18.0 Å². The minimum atomic E-state index is -1.31. The van der Waals surface area contributed by atoms with Crippen molar-refractivity contribution in [2.45, 2.75) is 9.79 Å². The standard InChI is InChI=1S/C14H10F3NO2S2/c15-6-21-10-2-1-3-11(22-7-16)12(10)13-8(17)4-5-9(18-13)14(19)20/h1-5H,6-7H2,(H,19,20). The monoisotopic (exact) mass is 345 g/mol. The topological polar surface area (TPSA) is 50.2 Å². The second-order valence-corrected chi connectivity index (χ2v) is 5.86. The van der Waals surface area contributed by atoms with E-state index >= 15 is 0 Å². The molecule has 0 unspecified atom stereocenters. The lowest BCUT2D eigenvalue weighted by atomic mass is 10.1. The molecule has 0 bridgehead atoms. The third-order valence-electron chi connectivity index (χ3n) is 2.71. The van der Waals surface area contributed by atoms with Crippen molar-refractivity contribution < 1.29 is 23.1 Å². The largest absolute Gasteiger partial charge is 0.477 e. The Kier molecular flexibility index (Phi) is 5.73. The normalized spacial score (nSPS) is 10.7. The van der Waals surface area contributed by atoms with E-state index in [4.69, 9.17) is 5.11 Å². The lowest BCUT2D eigenvalue weighted by molar-refractivity contribution is 0.0690. The fourth-order valence-corrected chi connectivity index (χ4v) is 3.19. The van der Waals surface area contributed by atoms with Crippen molar-refractivity contribution in [2.24, 2.45) is 0 Å². The zero-order chi connectivity index (χ0) is 16.1. The number of carboxylic acids is 1. The lowest BCUT2D eigenvalue weighted by Crippen LogP contribution is -2.03. The lowest BCUT2D eigenvalue weighted by Gasteiger charge is -2.13. The molecule has 0 fully saturated rings. The number of nitrogens with zero attached hydrogens (tertiary/aromatic N) is 1. The third-order valence-corrected chi connectivity index (χ3v) is 4.23. The van der Waals surface area contributed by atoms with E-state index in [1.165, 1.54) is 0 Å². The van der Waals surface area contributed by atoms with Crippen molar-refractivity contribution in [3.05, 3.63) is 41.8 Å². The summed E-state index contributed by atoms with van der Waals surface area (Å²) in [5.74, 6) is -2.06. The smallest absolute Gasteiger partial charge is 0.354 e. The number of aromatic carboxylic acids is 1. The number of thioether (sulfide) groups is 2. The van der Waals surface area contributed by atoms with Crippen LogP contribution in [0.2, 0.25) is 0 Å². The molecule has 0 aliphatic carbocycles. The summed E-state index contributed by atoms with van der Waals surface area (Å²) in [7, 11) is 0. The van der Waals surface area contributed by atoms with Gasteiger partial charge in [-0.15, -0.1) is 0 Å². The molecular weight excluding hydrogens is 335 g/mol. The number of halogens is 3. The van der Waals surface area contributed by atoms with E-state index in [-0.39, 0.29) is 17.0 Å². The van der Waals surface area contributed by atoms with Gasteiger partial charge < -0.3 is 5.11 Å². The first-order valence-electron chi connectivity index (χ1n) is 5.99. The van der Waals surface area contributed by atoms with Crippen LogP contribution in [0.3, 0.4) is 0 Å². The molecule has 0 aliphatic heterocycles. The molecule has 1 N–H and O–H groups in total. The van der Waals surface area contributed by atoms with Crippen LogP contribution in [0.4, 0.5) is 13.2 Å². The van der Waals surface area contributed by atoms with Crippen molar-refractivity contribution in [1.29, 1.82) is 0 Å². The maximum Gasteiger partial charge on any atom is 0.354 e. The summed E-state index contributed by atoms with van der Waals surface area (Å²) in [6.45, 7) is 0. The van der Waals surface area contributed by atoms with Gasteiger partial charge in [0.15, 0.2) is 0 Å². The van der Waals surface area contributed by atoms with Crippen molar-refractivity contribution in [3.8, 4) is 11.3 Å². The van der Waals surface area contributed by atoms with Crippen LogP contribution < -0.4 is 0 Å². The first-order chi connectivity index (χ1) is 10.6. The van der Waals surface area contributed by atoms with E-state index in [0.717, 1.165) is 35.7 Å². The van der Waals surface area contributed by atoms with E-state index in [0.29, 0.717) is 9.79 Å². The molecule has 0 saturated heterocycles. The van der Waals surface area contributed by atoms with Gasteiger partial charge in [-0.2, -0.15) is 0 Å². The fourth-order valence-electron chi connectivity index (χ4n) is 1.84. The summed E-state index contributed by atoms with van der Waals surface area (Å²) >= 11 is 1.61. The van der Waals surface area contributed by atoms with Crippen LogP contribution in [-0.2, 0) is 0 Å². The van der Waals surface area contributed by atoms with Gasteiger partial charge in [-0.3, -0.25) is 0 Å². The zero-order valence-electron chi connectivity index (χ0n) is 11.1. The van der Waals surface area contributed by atoms with Gasteiger partial charge in [0.05, 0.1) is 0 Å². The summed E-state index contributed by atoms with van der Waals surface area (Å²) in [5.41, 5.74) is -0.367. The Morgan fingerprint density at radius 3 is 2.18 bits per heavy atom. The van der Waals surface area contributed by atoms with Gasteiger partial charge in [-0.1, -0.05) is 29.6 Å². The Labute approximate surface area is 133 Å². The van der Waals surface area contributed by atoms with Crippen LogP contribution in [0, 0.1) is 5.82 Å². The van der Waals surface area contributed by atoms with Crippen molar-refractivity contribution in [1.82, 2.24) is 4.98 Å². The van der Waals surface area contributed by atoms with Crippen LogP contribution in [0.1, 0.15) is 10.5 Å². The van der Waals surface area contributed by atoms with Crippen molar-refractivity contribution in [2.75, 3.05) is 12.0 Å². The van der Waals surface area contributed by atoms with E-state index < -0.39 is 23.8 Å². The van der Waals surface area contributed by atoms with E-state index in [2.05, 4.69) is 4.98 Å². The summed E-state index contributed by atoms with van der Waals surface area (Å²) < 4.78 is 39.4. The highest BCUT2D eigenvalue weighted by molar-refractivity contribution is 8.00. The molecule has 0 aliphatic rings.